The van der Waals surface area contributed by atoms with E-state index in [1.807, 2.05) is 43.0 Å². The summed E-state index contributed by atoms with van der Waals surface area (Å²) in [6.45, 7) is 4.02. The number of ether oxygens (including phenoxy) is 1. The van der Waals surface area contributed by atoms with E-state index in [4.69, 9.17) is 4.74 Å². The van der Waals surface area contributed by atoms with Crippen LogP contribution >= 0.6 is 0 Å². The molecule has 2 aliphatic heterocycles. The highest BCUT2D eigenvalue weighted by atomic mass is 16.5. The number of nitrogens with one attached hydrogen (secondary N) is 1. The van der Waals surface area contributed by atoms with Crippen molar-refractivity contribution in [3.8, 4) is 11.1 Å². The van der Waals surface area contributed by atoms with Crippen LogP contribution in [0.25, 0.3) is 11.1 Å². The molecule has 2 amide bonds. The predicted octanol–water partition coefficient (Wildman–Crippen LogP) is 4.41. The number of hydrogen-bond acceptors (Lipinski definition) is 4. The summed E-state index contributed by atoms with van der Waals surface area (Å²) in [6.07, 6.45) is 2.16. The molecular weight excluding hydrogens is 444 g/mol. The number of nitrogens with zero attached hydrogens (tertiary/aromatic N) is 1. The Labute approximate surface area is 205 Å². The first-order chi connectivity index (χ1) is 16.8. The van der Waals surface area contributed by atoms with Gasteiger partial charge in [0.05, 0.1) is 11.3 Å². The van der Waals surface area contributed by atoms with Gasteiger partial charge in [0.1, 0.15) is 6.61 Å². The quantitative estimate of drug-likeness (QED) is 0.644. The highest BCUT2D eigenvalue weighted by molar-refractivity contribution is 5.84. The molecule has 2 unspecified atom stereocenters. The van der Waals surface area contributed by atoms with E-state index < -0.39 is 17.5 Å². The van der Waals surface area contributed by atoms with Crippen LogP contribution in [0.2, 0.25) is 0 Å². The average Bonchev–Trinajstić information content (AvgIpc) is 3.31. The van der Waals surface area contributed by atoms with Crippen LogP contribution in [-0.2, 0) is 14.3 Å². The molecule has 2 atom stereocenters. The third-order valence-electron chi connectivity index (χ3n) is 7.91. The molecule has 3 aliphatic rings. The Morgan fingerprint density at radius 1 is 0.971 bits per heavy atom. The summed E-state index contributed by atoms with van der Waals surface area (Å²) in [6, 6.07) is 16.3. The van der Waals surface area contributed by atoms with E-state index in [0.29, 0.717) is 12.8 Å². The molecule has 0 saturated carbocycles. The van der Waals surface area contributed by atoms with Gasteiger partial charge in [-0.3, -0.25) is 9.59 Å². The number of aliphatic carboxylic acids is 1. The van der Waals surface area contributed by atoms with Gasteiger partial charge in [0.25, 0.3) is 0 Å². The first kappa shape index (κ1) is 23.4. The minimum Gasteiger partial charge on any atom is -0.481 e. The molecule has 2 heterocycles. The molecule has 1 aliphatic carbocycles. The van der Waals surface area contributed by atoms with Crippen molar-refractivity contribution < 1.29 is 24.2 Å². The van der Waals surface area contributed by atoms with E-state index in [1.54, 1.807) is 0 Å². The number of fused-ring (bicyclic) bond motifs is 5. The summed E-state index contributed by atoms with van der Waals surface area (Å²) in [5, 5.41) is 12.2. The lowest BCUT2D eigenvalue weighted by molar-refractivity contribution is -0.152. The molecule has 35 heavy (non-hydrogen) atoms. The van der Waals surface area contributed by atoms with Gasteiger partial charge in [0, 0.05) is 24.5 Å². The van der Waals surface area contributed by atoms with Gasteiger partial charge in [-0.05, 0) is 61.8 Å². The standard InChI is InChI=1S/C28H32N2O5/c1-28(2,26(33)30-18-11-12-19(30)14-17(13-18)25(31)32)16-29-27(34)35-15-24-22-9-5-3-7-20(22)21-8-4-6-10-23(21)24/h3-10,17-19,24H,11-16H2,1-2H3,(H,29,34)(H,31,32). The Bertz CT molecular complexity index is 1100. The van der Waals surface area contributed by atoms with Crippen molar-refractivity contribution in [1.82, 2.24) is 10.2 Å². The molecule has 0 radical (unpaired) electrons. The van der Waals surface area contributed by atoms with Crippen molar-refractivity contribution in [3.05, 3.63) is 59.7 Å². The number of alkyl carbamates (subject to hydrolysis) is 1. The molecule has 5 rings (SSSR count). The number of piperidine rings is 1. The molecule has 7 heteroatoms. The van der Waals surface area contributed by atoms with Crippen LogP contribution < -0.4 is 5.32 Å². The second kappa shape index (κ2) is 9.02. The summed E-state index contributed by atoms with van der Waals surface area (Å²) >= 11 is 0. The smallest absolute Gasteiger partial charge is 0.407 e. The van der Waals surface area contributed by atoms with Gasteiger partial charge in [-0.15, -0.1) is 0 Å². The number of amides is 2. The highest BCUT2D eigenvalue weighted by Gasteiger charge is 2.48. The van der Waals surface area contributed by atoms with Crippen LogP contribution in [-0.4, -0.2) is 53.2 Å². The van der Waals surface area contributed by atoms with Crippen molar-refractivity contribution in [2.45, 2.75) is 57.5 Å². The predicted molar refractivity (Wildman–Crippen MR) is 131 cm³/mol. The molecule has 7 nitrogen and oxygen atoms in total. The van der Waals surface area contributed by atoms with Gasteiger partial charge in [0.2, 0.25) is 5.91 Å². The SMILES string of the molecule is CC(C)(CNC(=O)OCC1c2ccccc2-c2ccccc21)C(=O)N1C2CCC1CC(C(=O)O)C2. The summed E-state index contributed by atoms with van der Waals surface area (Å²) in [7, 11) is 0. The zero-order valence-electron chi connectivity index (χ0n) is 20.2. The van der Waals surface area contributed by atoms with Crippen LogP contribution in [0.1, 0.15) is 56.6 Å². The van der Waals surface area contributed by atoms with Crippen LogP contribution in [0.4, 0.5) is 4.79 Å². The van der Waals surface area contributed by atoms with Gasteiger partial charge in [0.15, 0.2) is 0 Å². The second-order valence-electron chi connectivity index (χ2n) is 10.7. The topological polar surface area (TPSA) is 95.9 Å². The third kappa shape index (κ3) is 4.28. The Kier molecular flexibility index (Phi) is 6.03. The summed E-state index contributed by atoms with van der Waals surface area (Å²) in [5.74, 6) is -1.20. The fourth-order valence-electron chi connectivity index (χ4n) is 6.08. The lowest BCUT2D eigenvalue weighted by Crippen LogP contribution is -2.54. The molecule has 2 N–H and O–H groups in total. The molecule has 2 fully saturated rings. The minimum absolute atomic E-state index is 0.0195. The normalized spacial score (nSPS) is 22.9. The number of carbonyl (C=O) groups is 3. The maximum atomic E-state index is 13.4. The minimum atomic E-state index is -0.817. The van der Waals surface area contributed by atoms with E-state index in [-0.39, 0.29) is 43.0 Å². The third-order valence-corrected chi connectivity index (χ3v) is 7.91. The fraction of sp³-hybridized carbons (Fsp3) is 0.464. The first-order valence-corrected chi connectivity index (χ1v) is 12.4. The van der Waals surface area contributed by atoms with Crippen molar-refractivity contribution in [2.75, 3.05) is 13.2 Å². The average molecular weight is 477 g/mol. The summed E-state index contributed by atoms with van der Waals surface area (Å²) < 4.78 is 5.62. The van der Waals surface area contributed by atoms with Crippen LogP contribution in [0.3, 0.4) is 0 Å². The van der Waals surface area contributed by atoms with Gasteiger partial charge in [-0.2, -0.15) is 0 Å². The van der Waals surface area contributed by atoms with E-state index in [2.05, 4.69) is 29.6 Å². The van der Waals surface area contributed by atoms with Gasteiger partial charge >= 0.3 is 12.1 Å². The molecule has 0 spiro atoms. The maximum absolute atomic E-state index is 13.4. The number of carboxylic acids is 1. The largest absolute Gasteiger partial charge is 0.481 e. The van der Waals surface area contributed by atoms with E-state index >= 15 is 0 Å². The summed E-state index contributed by atoms with van der Waals surface area (Å²) in [5.41, 5.74) is 3.83. The Hall–Kier alpha value is -3.35. The Morgan fingerprint density at radius 3 is 2.06 bits per heavy atom. The number of carbonyl (C=O) groups excluding carboxylic acids is 2. The van der Waals surface area contributed by atoms with Crippen molar-refractivity contribution in [2.24, 2.45) is 11.3 Å². The maximum Gasteiger partial charge on any atom is 0.407 e. The molecular formula is C28H32N2O5. The molecule has 2 bridgehead atoms. The zero-order chi connectivity index (χ0) is 24.7. The van der Waals surface area contributed by atoms with E-state index in [1.165, 1.54) is 11.1 Å². The van der Waals surface area contributed by atoms with Gasteiger partial charge in [-0.1, -0.05) is 48.5 Å². The number of carboxylic acid groups (broad SMARTS) is 1. The van der Waals surface area contributed by atoms with Gasteiger partial charge < -0.3 is 20.1 Å². The monoisotopic (exact) mass is 476 g/mol. The highest BCUT2D eigenvalue weighted by Crippen LogP contribution is 2.44. The van der Waals surface area contributed by atoms with Crippen molar-refractivity contribution in [1.29, 1.82) is 0 Å². The summed E-state index contributed by atoms with van der Waals surface area (Å²) in [4.78, 5) is 39.3. The lowest BCUT2D eigenvalue weighted by Gasteiger charge is -2.41. The molecule has 2 aromatic rings. The molecule has 2 aromatic carbocycles. The lowest BCUT2D eigenvalue weighted by atomic mass is 9.86. The molecule has 2 saturated heterocycles. The molecule has 184 valence electrons. The zero-order valence-corrected chi connectivity index (χ0v) is 20.2. The number of hydrogen-bond donors (Lipinski definition) is 2. The first-order valence-electron chi connectivity index (χ1n) is 12.4. The Balaban J connectivity index is 1.18. The van der Waals surface area contributed by atoms with Crippen molar-refractivity contribution in [3.63, 3.8) is 0 Å². The van der Waals surface area contributed by atoms with E-state index in [0.717, 1.165) is 24.0 Å². The Morgan fingerprint density at radius 2 is 1.51 bits per heavy atom. The van der Waals surface area contributed by atoms with Crippen LogP contribution in [0, 0.1) is 11.3 Å². The van der Waals surface area contributed by atoms with E-state index in [9.17, 15) is 19.5 Å². The van der Waals surface area contributed by atoms with Gasteiger partial charge in [-0.25, -0.2) is 4.79 Å². The molecule has 0 aromatic heterocycles. The second-order valence-corrected chi connectivity index (χ2v) is 10.7. The number of rotatable bonds is 6. The van der Waals surface area contributed by atoms with Crippen molar-refractivity contribution >= 4 is 18.0 Å². The number of benzene rings is 2. The van der Waals surface area contributed by atoms with Crippen LogP contribution in [0.15, 0.2) is 48.5 Å². The fourth-order valence-corrected chi connectivity index (χ4v) is 6.08. The van der Waals surface area contributed by atoms with Crippen LogP contribution in [0.5, 0.6) is 0 Å².